The van der Waals surface area contributed by atoms with E-state index in [1.807, 2.05) is 0 Å². The summed E-state index contributed by atoms with van der Waals surface area (Å²) in [5, 5.41) is 0. The summed E-state index contributed by atoms with van der Waals surface area (Å²) in [7, 11) is 0. The van der Waals surface area contributed by atoms with Crippen LogP contribution >= 0.6 is 0 Å². The Morgan fingerprint density at radius 2 is 1.31 bits per heavy atom. The fraction of sp³-hybridized carbons (Fsp3) is 0.400. The Balaban J connectivity index is 2.16. The van der Waals surface area contributed by atoms with Crippen LogP contribution in [0.3, 0.4) is 0 Å². The second-order valence-corrected chi connectivity index (χ2v) is 7.72. The van der Waals surface area contributed by atoms with E-state index in [1.54, 1.807) is 0 Å². The summed E-state index contributed by atoms with van der Waals surface area (Å²) in [6.07, 6.45) is -22.7. The molecule has 1 unspecified atom stereocenters. The molecule has 0 fully saturated rings. The molecule has 3 nitrogen and oxygen atoms in total. The number of alkyl halides is 12. The Labute approximate surface area is 188 Å². The van der Waals surface area contributed by atoms with Crippen molar-refractivity contribution in [3.8, 4) is 0 Å². The lowest BCUT2D eigenvalue weighted by atomic mass is 9.76. The molecule has 3 rings (SSSR count). The Kier molecular flexibility index (Phi) is 6.41. The third-order valence-corrected chi connectivity index (χ3v) is 5.48. The SMILES string of the molecule is NCc1ccc(C2=NCC(c3cc(C(F)(F)F)nc(C(F)(F)F)c3)(C(F)(F)F)C2)cc1C(F)(F)F. The zero-order valence-corrected chi connectivity index (χ0v) is 17.0. The maximum Gasteiger partial charge on any atom is 0.433 e. The number of halogens is 12. The molecule has 0 aliphatic carbocycles. The first-order valence-corrected chi connectivity index (χ1v) is 9.47. The molecule has 1 aromatic carbocycles. The Hall–Kier alpha value is -2.84. The number of aromatic nitrogens is 1. The molecule has 0 saturated carbocycles. The van der Waals surface area contributed by atoms with Crippen molar-refractivity contribution in [2.45, 2.75) is 43.1 Å². The summed E-state index contributed by atoms with van der Waals surface area (Å²) in [5.74, 6) is 0. The zero-order chi connectivity index (χ0) is 26.6. The summed E-state index contributed by atoms with van der Waals surface area (Å²) in [5.41, 5.74) is -6.56. The number of rotatable bonds is 3. The number of hydrogen-bond donors (Lipinski definition) is 1. The summed E-state index contributed by atoms with van der Waals surface area (Å²) in [4.78, 5) is 5.98. The quantitative estimate of drug-likeness (QED) is 0.481. The highest BCUT2D eigenvalue weighted by molar-refractivity contribution is 6.03. The molecule has 0 amide bonds. The summed E-state index contributed by atoms with van der Waals surface area (Å²) >= 11 is 0. The second kappa shape index (κ2) is 8.38. The summed E-state index contributed by atoms with van der Waals surface area (Å²) < 4.78 is 161. The minimum absolute atomic E-state index is 0.153. The molecule has 1 aromatic heterocycles. The van der Waals surface area contributed by atoms with Crippen LogP contribution in [0.5, 0.6) is 0 Å². The molecule has 1 atom stereocenters. The van der Waals surface area contributed by atoms with E-state index in [2.05, 4.69) is 9.98 Å². The van der Waals surface area contributed by atoms with Crippen molar-refractivity contribution in [2.75, 3.05) is 6.54 Å². The van der Waals surface area contributed by atoms with Crippen LogP contribution in [0.1, 0.15) is 40.1 Å². The number of nitrogens with two attached hydrogens (primary N) is 1. The molecule has 0 spiro atoms. The van der Waals surface area contributed by atoms with Gasteiger partial charge in [0.15, 0.2) is 0 Å². The number of pyridine rings is 1. The van der Waals surface area contributed by atoms with Crippen molar-refractivity contribution >= 4 is 5.71 Å². The average molecular weight is 523 g/mol. The number of aliphatic imine (C=N–C) groups is 1. The largest absolute Gasteiger partial charge is 0.433 e. The van der Waals surface area contributed by atoms with Crippen LogP contribution in [-0.2, 0) is 30.5 Å². The molecule has 1 aliphatic heterocycles. The number of hydrogen-bond acceptors (Lipinski definition) is 3. The molecule has 2 N–H and O–H groups in total. The number of nitrogens with zero attached hydrogens (tertiary/aromatic N) is 2. The van der Waals surface area contributed by atoms with Crippen molar-refractivity contribution in [1.82, 2.24) is 4.98 Å². The van der Waals surface area contributed by atoms with Gasteiger partial charge in [-0.1, -0.05) is 12.1 Å². The first-order chi connectivity index (χ1) is 15.8. The molecule has 0 radical (unpaired) electrons. The Morgan fingerprint density at radius 3 is 1.74 bits per heavy atom. The minimum Gasteiger partial charge on any atom is -0.326 e. The van der Waals surface area contributed by atoms with Gasteiger partial charge < -0.3 is 5.73 Å². The smallest absolute Gasteiger partial charge is 0.326 e. The third-order valence-electron chi connectivity index (χ3n) is 5.48. The maximum atomic E-state index is 14.2. The lowest BCUT2D eigenvalue weighted by Crippen LogP contribution is -2.44. The van der Waals surface area contributed by atoms with Gasteiger partial charge in [0.25, 0.3) is 0 Å². The highest BCUT2D eigenvalue weighted by Gasteiger charge is 2.59. The van der Waals surface area contributed by atoms with E-state index in [0.717, 1.165) is 12.1 Å². The molecule has 2 heterocycles. The third kappa shape index (κ3) is 5.09. The molecular formula is C20H13F12N3. The summed E-state index contributed by atoms with van der Waals surface area (Å²) in [6, 6.07) is 2.09. The average Bonchev–Trinajstić information content (AvgIpc) is 3.18. The van der Waals surface area contributed by atoms with Crippen LogP contribution < -0.4 is 5.73 Å². The molecular weight excluding hydrogens is 510 g/mol. The van der Waals surface area contributed by atoms with Gasteiger partial charge in [-0.3, -0.25) is 4.99 Å². The van der Waals surface area contributed by atoms with Crippen LogP contribution in [-0.4, -0.2) is 23.4 Å². The van der Waals surface area contributed by atoms with Gasteiger partial charge in [0.05, 0.1) is 12.1 Å². The van der Waals surface area contributed by atoms with Crippen LogP contribution in [0.25, 0.3) is 0 Å². The molecule has 2 aromatic rings. The van der Waals surface area contributed by atoms with Crippen molar-refractivity contribution in [3.05, 3.63) is 64.0 Å². The van der Waals surface area contributed by atoms with E-state index in [0.29, 0.717) is 6.07 Å². The Morgan fingerprint density at radius 1 is 0.771 bits per heavy atom. The predicted octanol–water partition coefficient (Wildman–Crippen LogP) is 6.29. The van der Waals surface area contributed by atoms with Gasteiger partial charge in [-0.05, 0) is 34.9 Å². The normalized spacial score (nSPS) is 19.7. The van der Waals surface area contributed by atoms with Crippen molar-refractivity contribution in [3.63, 3.8) is 0 Å². The highest BCUT2D eigenvalue weighted by Crippen LogP contribution is 2.49. The lowest BCUT2D eigenvalue weighted by molar-refractivity contribution is -0.185. The maximum absolute atomic E-state index is 14.2. The summed E-state index contributed by atoms with van der Waals surface area (Å²) in [6.45, 7) is -1.89. The first kappa shape index (κ1) is 26.8. The van der Waals surface area contributed by atoms with Crippen molar-refractivity contribution in [2.24, 2.45) is 10.7 Å². The first-order valence-electron chi connectivity index (χ1n) is 9.47. The monoisotopic (exact) mass is 523 g/mol. The molecule has 15 heteroatoms. The van der Waals surface area contributed by atoms with Crippen molar-refractivity contribution in [1.29, 1.82) is 0 Å². The standard InChI is InChI=1S/C20H13F12N3/c21-17(22,23)12-3-9(1-2-10(12)7-33)13-6-16(8-34-13,20(30,31)32)11-4-14(18(24,25)26)35-15(5-11)19(27,28)29/h1-5H,6-8,33H2. The van der Waals surface area contributed by atoms with Gasteiger partial charge in [-0.15, -0.1) is 0 Å². The predicted molar refractivity (Wildman–Crippen MR) is 97.3 cm³/mol. The van der Waals surface area contributed by atoms with Gasteiger partial charge in [-0.2, -0.15) is 52.7 Å². The van der Waals surface area contributed by atoms with E-state index in [9.17, 15) is 52.7 Å². The molecule has 0 bridgehead atoms. The van der Waals surface area contributed by atoms with Gasteiger partial charge in [0.1, 0.15) is 16.8 Å². The van der Waals surface area contributed by atoms with E-state index < -0.39 is 83.4 Å². The molecule has 0 saturated heterocycles. The van der Waals surface area contributed by atoms with Crippen LogP contribution in [0.2, 0.25) is 0 Å². The molecule has 1 aliphatic rings. The fourth-order valence-corrected chi connectivity index (χ4v) is 3.66. The van der Waals surface area contributed by atoms with E-state index in [1.165, 1.54) is 0 Å². The zero-order valence-electron chi connectivity index (χ0n) is 17.0. The Bertz CT molecular complexity index is 1110. The minimum atomic E-state index is -5.51. The van der Waals surface area contributed by atoms with Gasteiger partial charge >= 0.3 is 24.7 Å². The van der Waals surface area contributed by atoms with Gasteiger partial charge in [0.2, 0.25) is 0 Å². The topological polar surface area (TPSA) is 51.3 Å². The van der Waals surface area contributed by atoms with E-state index >= 15 is 0 Å². The van der Waals surface area contributed by atoms with Gasteiger partial charge in [-0.25, -0.2) is 4.98 Å². The fourth-order valence-electron chi connectivity index (χ4n) is 3.66. The van der Waals surface area contributed by atoms with Crippen LogP contribution in [0.15, 0.2) is 35.3 Å². The second-order valence-electron chi connectivity index (χ2n) is 7.72. The molecule has 35 heavy (non-hydrogen) atoms. The van der Waals surface area contributed by atoms with Crippen LogP contribution in [0.4, 0.5) is 52.7 Å². The van der Waals surface area contributed by atoms with Gasteiger partial charge in [0, 0.05) is 18.7 Å². The van der Waals surface area contributed by atoms with E-state index in [4.69, 9.17) is 5.73 Å². The van der Waals surface area contributed by atoms with E-state index in [-0.39, 0.29) is 17.7 Å². The van der Waals surface area contributed by atoms with Crippen molar-refractivity contribution < 1.29 is 52.7 Å². The number of benzene rings is 1. The van der Waals surface area contributed by atoms with Crippen LogP contribution in [0, 0.1) is 0 Å². The molecule has 192 valence electrons. The highest BCUT2D eigenvalue weighted by atomic mass is 19.4. The lowest BCUT2D eigenvalue weighted by Gasteiger charge is -2.32.